The summed E-state index contributed by atoms with van der Waals surface area (Å²) in [5.41, 5.74) is 0.950. The molecule has 0 unspecified atom stereocenters. The smallest absolute Gasteiger partial charge is 0.261 e. The maximum absolute atomic E-state index is 12.1. The van der Waals surface area contributed by atoms with Crippen LogP contribution in [-0.4, -0.2) is 18.4 Å². The Bertz CT molecular complexity index is 831. The normalized spacial score (nSPS) is 11.2. The van der Waals surface area contributed by atoms with Crippen molar-refractivity contribution in [2.75, 3.05) is 4.72 Å². The van der Waals surface area contributed by atoms with E-state index in [0.717, 1.165) is 10.6 Å². The minimum Gasteiger partial charge on any atom is -0.261 e. The number of hydrogen-bond donors (Lipinski definition) is 1. The summed E-state index contributed by atoms with van der Waals surface area (Å²) < 4.78 is 26.7. The SMILES string of the molecule is O=S(=O)(Nc1csc(-c2ccccc2)n1)c1ccccn1. The molecule has 0 bridgehead atoms. The molecule has 0 amide bonds. The zero-order valence-electron chi connectivity index (χ0n) is 10.8. The highest BCUT2D eigenvalue weighted by Gasteiger charge is 2.17. The molecule has 0 saturated carbocycles. The lowest BCUT2D eigenvalue weighted by Gasteiger charge is -2.03. The van der Waals surface area contributed by atoms with E-state index in [4.69, 9.17) is 0 Å². The second kappa shape index (κ2) is 5.63. The third-order valence-electron chi connectivity index (χ3n) is 2.68. The molecule has 106 valence electrons. The van der Waals surface area contributed by atoms with Crippen LogP contribution in [0.4, 0.5) is 5.82 Å². The average molecular weight is 317 g/mol. The number of hydrogen-bond acceptors (Lipinski definition) is 5. The van der Waals surface area contributed by atoms with E-state index in [2.05, 4.69) is 14.7 Å². The van der Waals surface area contributed by atoms with Crippen LogP contribution in [-0.2, 0) is 10.0 Å². The highest BCUT2D eigenvalue weighted by Crippen LogP contribution is 2.26. The van der Waals surface area contributed by atoms with Crippen molar-refractivity contribution in [2.24, 2.45) is 0 Å². The second-order valence-electron chi connectivity index (χ2n) is 4.18. The van der Waals surface area contributed by atoms with Crippen molar-refractivity contribution in [3.8, 4) is 10.6 Å². The molecule has 21 heavy (non-hydrogen) atoms. The van der Waals surface area contributed by atoms with Gasteiger partial charge in [-0.1, -0.05) is 36.4 Å². The third kappa shape index (κ3) is 3.09. The molecule has 1 aromatic carbocycles. The van der Waals surface area contributed by atoms with Crippen LogP contribution in [0, 0.1) is 0 Å². The van der Waals surface area contributed by atoms with Gasteiger partial charge in [-0.15, -0.1) is 11.3 Å². The van der Waals surface area contributed by atoms with E-state index in [1.165, 1.54) is 23.6 Å². The number of benzene rings is 1. The van der Waals surface area contributed by atoms with Gasteiger partial charge in [0.1, 0.15) is 5.01 Å². The van der Waals surface area contributed by atoms with E-state index in [-0.39, 0.29) is 5.03 Å². The number of anilines is 1. The number of rotatable bonds is 4. The summed E-state index contributed by atoms with van der Waals surface area (Å²) in [4.78, 5) is 8.13. The van der Waals surface area contributed by atoms with Gasteiger partial charge in [-0.2, -0.15) is 8.42 Å². The number of thiazole rings is 1. The van der Waals surface area contributed by atoms with Crippen molar-refractivity contribution in [3.05, 3.63) is 60.1 Å². The van der Waals surface area contributed by atoms with Crippen LogP contribution in [0.25, 0.3) is 10.6 Å². The van der Waals surface area contributed by atoms with Gasteiger partial charge in [0, 0.05) is 17.1 Å². The van der Waals surface area contributed by atoms with Crippen LogP contribution < -0.4 is 4.72 Å². The summed E-state index contributed by atoms with van der Waals surface area (Å²) in [6.45, 7) is 0. The highest BCUT2D eigenvalue weighted by molar-refractivity contribution is 7.92. The lowest BCUT2D eigenvalue weighted by atomic mass is 10.2. The molecule has 3 rings (SSSR count). The number of sulfonamides is 1. The van der Waals surface area contributed by atoms with Crippen molar-refractivity contribution in [2.45, 2.75) is 5.03 Å². The Morgan fingerprint density at radius 3 is 2.48 bits per heavy atom. The summed E-state index contributed by atoms with van der Waals surface area (Å²) in [6.07, 6.45) is 1.44. The Hall–Kier alpha value is -2.25. The first-order valence-electron chi connectivity index (χ1n) is 6.10. The topological polar surface area (TPSA) is 72.0 Å². The van der Waals surface area contributed by atoms with Gasteiger partial charge in [0.25, 0.3) is 10.0 Å². The molecule has 0 aliphatic rings. The monoisotopic (exact) mass is 317 g/mol. The minimum absolute atomic E-state index is 0.0285. The van der Waals surface area contributed by atoms with E-state index in [9.17, 15) is 8.42 Å². The van der Waals surface area contributed by atoms with Crippen molar-refractivity contribution in [3.63, 3.8) is 0 Å². The van der Waals surface area contributed by atoms with Crippen LogP contribution >= 0.6 is 11.3 Å². The van der Waals surface area contributed by atoms with Gasteiger partial charge in [0.05, 0.1) is 0 Å². The van der Waals surface area contributed by atoms with Gasteiger partial charge in [-0.05, 0) is 12.1 Å². The molecule has 0 aliphatic carbocycles. The zero-order valence-corrected chi connectivity index (χ0v) is 12.4. The Morgan fingerprint density at radius 2 is 1.76 bits per heavy atom. The van der Waals surface area contributed by atoms with Gasteiger partial charge in [-0.3, -0.25) is 4.72 Å². The molecular formula is C14H11N3O2S2. The first kappa shape index (κ1) is 13.7. The molecule has 0 fully saturated rings. The molecule has 0 radical (unpaired) electrons. The van der Waals surface area contributed by atoms with Crippen molar-refractivity contribution < 1.29 is 8.42 Å². The predicted molar refractivity (Wildman–Crippen MR) is 82.6 cm³/mol. The summed E-state index contributed by atoms with van der Waals surface area (Å²) in [5.74, 6) is 0.296. The third-order valence-corrected chi connectivity index (χ3v) is 4.84. The number of aromatic nitrogens is 2. The molecule has 0 atom stereocenters. The van der Waals surface area contributed by atoms with Gasteiger partial charge in [-0.25, -0.2) is 9.97 Å². The van der Waals surface area contributed by atoms with E-state index < -0.39 is 10.0 Å². The molecule has 3 aromatic rings. The maximum atomic E-state index is 12.1. The van der Waals surface area contributed by atoms with Gasteiger partial charge < -0.3 is 0 Å². The molecule has 1 N–H and O–H groups in total. The van der Waals surface area contributed by atoms with Gasteiger partial charge >= 0.3 is 0 Å². The Labute approximate surface area is 126 Å². The first-order valence-corrected chi connectivity index (χ1v) is 8.46. The zero-order chi connectivity index (χ0) is 14.7. The fourth-order valence-corrected chi connectivity index (χ4v) is 3.50. The van der Waals surface area contributed by atoms with Crippen LogP contribution in [0.1, 0.15) is 0 Å². The summed E-state index contributed by atoms with van der Waals surface area (Å²) >= 11 is 1.38. The highest BCUT2D eigenvalue weighted by atomic mass is 32.2. The molecule has 2 aromatic heterocycles. The quantitative estimate of drug-likeness (QED) is 0.803. The molecule has 0 spiro atoms. The van der Waals surface area contributed by atoms with Gasteiger partial charge in [0.15, 0.2) is 10.8 Å². The van der Waals surface area contributed by atoms with E-state index in [1.807, 2.05) is 30.3 Å². The lowest BCUT2D eigenvalue weighted by Crippen LogP contribution is -2.14. The summed E-state index contributed by atoms with van der Waals surface area (Å²) in [6, 6.07) is 14.3. The van der Waals surface area contributed by atoms with E-state index >= 15 is 0 Å². The van der Waals surface area contributed by atoms with E-state index in [1.54, 1.807) is 17.5 Å². The molecule has 7 heteroatoms. The molecular weight excluding hydrogens is 306 g/mol. The largest absolute Gasteiger partial charge is 0.280 e. The lowest BCUT2D eigenvalue weighted by molar-refractivity contribution is 0.597. The Morgan fingerprint density at radius 1 is 1.00 bits per heavy atom. The van der Waals surface area contributed by atoms with Gasteiger partial charge in [0.2, 0.25) is 0 Å². The minimum atomic E-state index is -3.70. The van der Waals surface area contributed by atoms with Crippen LogP contribution in [0.5, 0.6) is 0 Å². The first-order chi connectivity index (χ1) is 10.1. The van der Waals surface area contributed by atoms with Crippen molar-refractivity contribution in [1.82, 2.24) is 9.97 Å². The predicted octanol–water partition coefficient (Wildman–Crippen LogP) is 3.01. The second-order valence-corrected chi connectivity index (χ2v) is 6.66. The fourth-order valence-electron chi connectivity index (χ4n) is 1.73. The van der Waals surface area contributed by atoms with Crippen LogP contribution in [0.3, 0.4) is 0 Å². The standard InChI is InChI=1S/C14H11N3O2S2/c18-21(19,13-8-4-5-9-15-13)17-12-10-20-14(16-12)11-6-2-1-3-7-11/h1-10,17H. The number of nitrogens with one attached hydrogen (secondary N) is 1. The number of pyridine rings is 1. The maximum Gasteiger partial charge on any atom is 0.280 e. The average Bonchev–Trinajstić information content (AvgIpc) is 2.97. The Kier molecular flexibility index (Phi) is 3.68. The fraction of sp³-hybridized carbons (Fsp3) is 0. The molecule has 0 saturated heterocycles. The summed E-state index contributed by atoms with van der Waals surface area (Å²) in [7, 11) is -3.70. The molecule has 0 aliphatic heterocycles. The number of nitrogens with zero attached hydrogens (tertiary/aromatic N) is 2. The van der Waals surface area contributed by atoms with E-state index in [0.29, 0.717) is 5.82 Å². The Balaban J connectivity index is 1.85. The van der Waals surface area contributed by atoms with Crippen LogP contribution in [0.15, 0.2) is 65.1 Å². The van der Waals surface area contributed by atoms with Crippen molar-refractivity contribution in [1.29, 1.82) is 0 Å². The van der Waals surface area contributed by atoms with Crippen LogP contribution in [0.2, 0.25) is 0 Å². The van der Waals surface area contributed by atoms with Crippen molar-refractivity contribution >= 4 is 27.2 Å². The molecule has 5 nitrogen and oxygen atoms in total. The molecule has 2 heterocycles. The summed E-state index contributed by atoms with van der Waals surface area (Å²) in [5, 5.41) is 2.40.